The molecule has 2 atom stereocenters. The molecular formula is C12H18N2O2S. The lowest BCUT2D eigenvalue weighted by Crippen LogP contribution is -2.39. The van der Waals surface area contributed by atoms with Gasteiger partial charge < -0.3 is 10.4 Å². The number of aliphatic hydroxyl groups excluding tert-OH is 1. The van der Waals surface area contributed by atoms with Gasteiger partial charge in [-0.3, -0.25) is 9.78 Å². The van der Waals surface area contributed by atoms with Gasteiger partial charge in [0.2, 0.25) is 5.91 Å². The third-order valence-electron chi connectivity index (χ3n) is 2.55. The molecule has 0 aliphatic rings. The second-order valence-corrected chi connectivity index (χ2v) is 5.04. The lowest BCUT2D eigenvalue weighted by molar-refractivity contribution is -0.119. The number of thioether (sulfide) groups is 1. The van der Waals surface area contributed by atoms with E-state index in [1.165, 1.54) is 11.8 Å². The van der Waals surface area contributed by atoms with E-state index >= 15 is 0 Å². The zero-order valence-electron chi connectivity index (χ0n) is 10.1. The van der Waals surface area contributed by atoms with Crippen LogP contribution >= 0.6 is 11.8 Å². The molecule has 0 spiro atoms. The molecule has 2 unspecified atom stereocenters. The number of aromatic nitrogens is 1. The molecule has 1 aromatic rings. The number of carbonyl (C=O) groups excluding carboxylic acids is 1. The average molecular weight is 254 g/mol. The maximum atomic E-state index is 11.6. The number of rotatable bonds is 6. The molecule has 0 aromatic carbocycles. The van der Waals surface area contributed by atoms with Crippen LogP contribution in [0.4, 0.5) is 0 Å². The summed E-state index contributed by atoms with van der Waals surface area (Å²) in [5, 5.41) is 11.8. The molecule has 0 fully saturated rings. The Morgan fingerprint density at radius 2 is 2.12 bits per heavy atom. The summed E-state index contributed by atoms with van der Waals surface area (Å²) in [5.74, 6) is 0.441. The smallest absolute Gasteiger partial charge is 0.230 e. The van der Waals surface area contributed by atoms with Crippen molar-refractivity contribution in [1.29, 1.82) is 0 Å². The summed E-state index contributed by atoms with van der Waals surface area (Å²) in [4.78, 5) is 16.6. The monoisotopic (exact) mass is 254 g/mol. The largest absolute Gasteiger partial charge is 0.396 e. The maximum Gasteiger partial charge on any atom is 0.230 e. The molecule has 2 N–H and O–H groups in total. The van der Waals surface area contributed by atoms with Gasteiger partial charge in [0.15, 0.2) is 0 Å². The van der Waals surface area contributed by atoms with E-state index in [1.807, 2.05) is 26.0 Å². The van der Waals surface area contributed by atoms with Crippen LogP contribution in [-0.4, -0.2) is 34.4 Å². The standard InChI is InChI=1S/C12H18N2O2S/c1-9(7-15)10(2)14-12(16)8-17-11-3-5-13-6-4-11/h3-6,9-10,15H,7-8H2,1-2H3,(H,14,16). The molecule has 0 radical (unpaired) electrons. The molecule has 0 bridgehead atoms. The molecular weight excluding hydrogens is 236 g/mol. The van der Waals surface area contributed by atoms with E-state index in [4.69, 9.17) is 5.11 Å². The van der Waals surface area contributed by atoms with Crippen LogP contribution in [0.1, 0.15) is 13.8 Å². The van der Waals surface area contributed by atoms with Gasteiger partial charge in [-0.2, -0.15) is 0 Å². The Kier molecular flexibility index (Phi) is 6.00. The third-order valence-corrected chi connectivity index (χ3v) is 3.56. The van der Waals surface area contributed by atoms with Gasteiger partial charge in [0.25, 0.3) is 0 Å². The third kappa shape index (κ3) is 5.19. The Balaban J connectivity index is 2.31. The van der Waals surface area contributed by atoms with Crippen LogP contribution in [0.3, 0.4) is 0 Å². The van der Waals surface area contributed by atoms with E-state index in [2.05, 4.69) is 10.3 Å². The number of nitrogens with one attached hydrogen (secondary N) is 1. The lowest BCUT2D eigenvalue weighted by atomic mass is 10.1. The number of nitrogens with zero attached hydrogens (tertiary/aromatic N) is 1. The van der Waals surface area contributed by atoms with Gasteiger partial charge in [0.05, 0.1) is 5.75 Å². The van der Waals surface area contributed by atoms with E-state index in [-0.39, 0.29) is 24.5 Å². The van der Waals surface area contributed by atoms with Gasteiger partial charge in [0, 0.05) is 29.9 Å². The van der Waals surface area contributed by atoms with Crippen LogP contribution in [0.15, 0.2) is 29.4 Å². The second kappa shape index (κ2) is 7.29. The van der Waals surface area contributed by atoms with E-state index in [9.17, 15) is 4.79 Å². The van der Waals surface area contributed by atoms with Crippen molar-refractivity contribution in [2.45, 2.75) is 24.8 Å². The van der Waals surface area contributed by atoms with Crippen molar-refractivity contribution >= 4 is 17.7 Å². The fraction of sp³-hybridized carbons (Fsp3) is 0.500. The average Bonchev–Trinajstić information content (AvgIpc) is 2.36. The van der Waals surface area contributed by atoms with Crippen molar-refractivity contribution in [3.05, 3.63) is 24.5 Å². The highest BCUT2D eigenvalue weighted by atomic mass is 32.2. The summed E-state index contributed by atoms with van der Waals surface area (Å²) in [6.45, 7) is 3.88. The minimum Gasteiger partial charge on any atom is -0.396 e. The Bertz CT molecular complexity index is 346. The highest BCUT2D eigenvalue weighted by molar-refractivity contribution is 8.00. The minimum atomic E-state index is -0.0142. The van der Waals surface area contributed by atoms with Crippen LogP contribution in [-0.2, 0) is 4.79 Å². The fourth-order valence-corrected chi connectivity index (χ4v) is 1.87. The van der Waals surface area contributed by atoms with Crippen molar-refractivity contribution in [3.8, 4) is 0 Å². The minimum absolute atomic E-state index is 0.00876. The summed E-state index contributed by atoms with van der Waals surface area (Å²) in [6, 6.07) is 3.74. The molecule has 1 heterocycles. The Hall–Kier alpha value is -1.07. The summed E-state index contributed by atoms with van der Waals surface area (Å²) >= 11 is 1.48. The fourth-order valence-electron chi connectivity index (χ4n) is 1.18. The molecule has 17 heavy (non-hydrogen) atoms. The number of carbonyl (C=O) groups is 1. The number of pyridine rings is 1. The molecule has 1 aromatic heterocycles. The zero-order chi connectivity index (χ0) is 12.7. The lowest BCUT2D eigenvalue weighted by Gasteiger charge is -2.19. The zero-order valence-corrected chi connectivity index (χ0v) is 10.9. The van der Waals surface area contributed by atoms with Crippen LogP contribution < -0.4 is 5.32 Å². The quantitative estimate of drug-likeness (QED) is 0.751. The molecule has 5 heteroatoms. The summed E-state index contributed by atoms with van der Waals surface area (Å²) in [6.07, 6.45) is 3.41. The first kappa shape index (κ1) is 14.0. The SMILES string of the molecule is CC(CO)C(C)NC(=O)CSc1ccncc1. The molecule has 94 valence electrons. The van der Waals surface area contributed by atoms with Crippen molar-refractivity contribution < 1.29 is 9.90 Å². The van der Waals surface area contributed by atoms with Gasteiger partial charge >= 0.3 is 0 Å². The van der Waals surface area contributed by atoms with Crippen LogP contribution in [0.25, 0.3) is 0 Å². The first-order valence-electron chi connectivity index (χ1n) is 5.56. The number of hydrogen-bond acceptors (Lipinski definition) is 4. The van der Waals surface area contributed by atoms with Gasteiger partial charge in [-0.1, -0.05) is 6.92 Å². The first-order chi connectivity index (χ1) is 8.13. The van der Waals surface area contributed by atoms with Gasteiger partial charge in [-0.25, -0.2) is 0 Å². The first-order valence-corrected chi connectivity index (χ1v) is 6.55. The second-order valence-electron chi connectivity index (χ2n) is 3.99. The molecule has 1 rings (SSSR count). The normalized spacial score (nSPS) is 14.1. The van der Waals surface area contributed by atoms with Crippen LogP contribution in [0.2, 0.25) is 0 Å². The topological polar surface area (TPSA) is 62.2 Å². The van der Waals surface area contributed by atoms with Crippen molar-refractivity contribution in [3.63, 3.8) is 0 Å². The molecule has 0 saturated carbocycles. The highest BCUT2D eigenvalue weighted by Gasteiger charge is 2.13. The van der Waals surface area contributed by atoms with Crippen molar-refractivity contribution in [2.75, 3.05) is 12.4 Å². The summed E-state index contributed by atoms with van der Waals surface area (Å²) in [7, 11) is 0. The van der Waals surface area contributed by atoms with Gasteiger partial charge in [-0.05, 0) is 25.0 Å². The van der Waals surface area contributed by atoms with Gasteiger partial charge in [-0.15, -0.1) is 11.8 Å². The number of aliphatic hydroxyl groups is 1. The molecule has 4 nitrogen and oxygen atoms in total. The number of hydrogen-bond donors (Lipinski definition) is 2. The Labute approximate surface area is 106 Å². The van der Waals surface area contributed by atoms with E-state index in [0.29, 0.717) is 5.75 Å². The van der Waals surface area contributed by atoms with E-state index in [1.54, 1.807) is 12.4 Å². The molecule has 0 aliphatic heterocycles. The Morgan fingerprint density at radius 3 is 2.71 bits per heavy atom. The van der Waals surface area contributed by atoms with E-state index in [0.717, 1.165) is 4.90 Å². The molecule has 0 aliphatic carbocycles. The van der Waals surface area contributed by atoms with Crippen LogP contribution in [0, 0.1) is 5.92 Å². The number of amides is 1. The predicted octanol–water partition coefficient (Wildman–Crippen LogP) is 1.31. The van der Waals surface area contributed by atoms with Gasteiger partial charge in [0.1, 0.15) is 0 Å². The van der Waals surface area contributed by atoms with Crippen molar-refractivity contribution in [2.24, 2.45) is 5.92 Å². The summed E-state index contributed by atoms with van der Waals surface area (Å²) in [5.41, 5.74) is 0. The highest BCUT2D eigenvalue weighted by Crippen LogP contribution is 2.15. The maximum absolute atomic E-state index is 11.6. The molecule has 0 saturated heterocycles. The van der Waals surface area contributed by atoms with Crippen LogP contribution in [0.5, 0.6) is 0 Å². The van der Waals surface area contributed by atoms with E-state index < -0.39 is 0 Å². The molecule has 1 amide bonds. The summed E-state index contributed by atoms with van der Waals surface area (Å²) < 4.78 is 0. The Morgan fingerprint density at radius 1 is 1.47 bits per heavy atom. The van der Waals surface area contributed by atoms with Crippen molar-refractivity contribution in [1.82, 2.24) is 10.3 Å². The predicted molar refractivity (Wildman–Crippen MR) is 68.8 cm³/mol.